The molecule has 0 atom stereocenters. The summed E-state index contributed by atoms with van der Waals surface area (Å²) in [6.07, 6.45) is 10.3. The second-order valence-corrected chi connectivity index (χ2v) is 8.24. The molecule has 1 heterocycles. The number of hydrogen-bond acceptors (Lipinski definition) is 5. The van der Waals surface area contributed by atoms with Crippen molar-refractivity contribution in [1.29, 1.82) is 0 Å². The maximum atomic E-state index is 12.7. The summed E-state index contributed by atoms with van der Waals surface area (Å²) >= 11 is 0. The van der Waals surface area contributed by atoms with Crippen LogP contribution in [-0.4, -0.2) is 34.2 Å². The van der Waals surface area contributed by atoms with E-state index in [-0.39, 0.29) is 11.7 Å². The van der Waals surface area contributed by atoms with Gasteiger partial charge < -0.3 is 10.2 Å². The van der Waals surface area contributed by atoms with E-state index in [2.05, 4.69) is 20.2 Å². The molecule has 1 aromatic heterocycles. The summed E-state index contributed by atoms with van der Waals surface area (Å²) in [5, 5.41) is 2.86. The molecule has 4 rings (SSSR count). The minimum atomic E-state index is -0.265. The third kappa shape index (κ3) is 5.00. The van der Waals surface area contributed by atoms with Gasteiger partial charge in [-0.2, -0.15) is 0 Å². The standard InChI is InChI=1S/C23H28N4O2/c1-16(28)18-9-11-19(12-10-18)26-23(29)21-13-22(25-15-24-21)27(14-17-7-8-17)20-5-3-2-4-6-20/h9-13,15,17,20H,2-8,14H2,1H3,(H,26,29). The summed E-state index contributed by atoms with van der Waals surface area (Å²) < 4.78 is 0. The first kappa shape index (κ1) is 19.6. The molecule has 6 heteroatoms. The number of amides is 1. The number of anilines is 2. The van der Waals surface area contributed by atoms with Crippen LogP contribution in [0.1, 0.15) is 72.7 Å². The lowest BCUT2D eigenvalue weighted by molar-refractivity contribution is 0.101. The summed E-state index contributed by atoms with van der Waals surface area (Å²) in [5.41, 5.74) is 1.63. The molecule has 6 nitrogen and oxygen atoms in total. The molecule has 1 amide bonds. The monoisotopic (exact) mass is 392 g/mol. The molecule has 0 radical (unpaired) electrons. The first-order chi connectivity index (χ1) is 14.1. The van der Waals surface area contributed by atoms with E-state index < -0.39 is 0 Å². The van der Waals surface area contributed by atoms with E-state index in [1.807, 2.05) is 6.07 Å². The van der Waals surface area contributed by atoms with Crippen molar-refractivity contribution in [3.63, 3.8) is 0 Å². The number of carbonyl (C=O) groups excluding carboxylic acids is 2. The zero-order chi connectivity index (χ0) is 20.2. The highest BCUT2D eigenvalue weighted by atomic mass is 16.2. The highest BCUT2D eigenvalue weighted by Gasteiger charge is 2.30. The summed E-state index contributed by atoms with van der Waals surface area (Å²) in [6, 6.07) is 9.22. The van der Waals surface area contributed by atoms with Crippen molar-refractivity contribution in [2.24, 2.45) is 5.92 Å². The molecule has 1 N–H and O–H groups in total. The highest BCUT2D eigenvalue weighted by molar-refractivity contribution is 6.03. The SMILES string of the molecule is CC(=O)c1ccc(NC(=O)c2cc(N(CC3CC3)C3CCCCC3)ncn2)cc1. The molecule has 0 saturated heterocycles. The molecule has 1 aromatic carbocycles. The number of Topliss-reactive ketones (excluding diaryl/α,β-unsaturated/α-hetero) is 1. The quantitative estimate of drug-likeness (QED) is 0.703. The van der Waals surface area contributed by atoms with Gasteiger partial charge in [0.2, 0.25) is 0 Å². The number of aromatic nitrogens is 2. The van der Waals surface area contributed by atoms with Crippen LogP contribution in [0.3, 0.4) is 0 Å². The summed E-state index contributed by atoms with van der Waals surface area (Å²) in [7, 11) is 0. The van der Waals surface area contributed by atoms with E-state index in [1.54, 1.807) is 24.3 Å². The number of hydrogen-bond donors (Lipinski definition) is 1. The molecule has 2 aliphatic rings. The largest absolute Gasteiger partial charge is 0.353 e. The van der Waals surface area contributed by atoms with E-state index in [9.17, 15) is 9.59 Å². The number of nitrogens with one attached hydrogen (secondary N) is 1. The Bertz CT molecular complexity index is 871. The van der Waals surface area contributed by atoms with E-state index in [0.29, 0.717) is 23.0 Å². The lowest BCUT2D eigenvalue weighted by atomic mass is 9.94. The number of ketones is 1. The minimum absolute atomic E-state index is 0.00165. The van der Waals surface area contributed by atoms with Gasteiger partial charge in [0, 0.05) is 29.9 Å². The van der Waals surface area contributed by atoms with Crippen molar-refractivity contribution in [2.45, 2.75) is 57.9 Å². The summed E-state index contributed by atoms with van der Waals surface area (Å²) in [6.45, 7) is 2.55. The van der Waals surface area contributed by atoms with Crippen molar-refractivity contribution in [3.05, 3.63) is 47.9 Å². The average Bonchev–Trinajstić information content (AvgIpc) is 3.57. The van der Waals surface area contributed by atoms with Crippen molar-refractivity contribution >= 4 is 23.2 Å². The normalized spacial score (nSPS) is 17.0. The Morgan fingerprint density at radius 2 is 1.76 bits per heavy atom. The van der Waals surface area contributed by atoms with Crippen LogP contribution in [0, 0.1) is 5.92 Å². The van der Waals surface area contributed by atoms with Crippen LogP contribution in [0.5, 0.6) is 0 Å². The van der Waals surface area contributed by atoms with Crippen LogP contribution >= 0.6 is 0 Å². The lowest BCUT2D eigenvalue weighted by Crippen LogP contribution is -2.39. The molecule has 2 aromatic rings. The molecular formula is C23H28N4O2. The zero-order valence-corrected chi connectivity index (χ0v) is 16.9. The third-order valence-electron chi connectivity index (χ3n) is 5.90. The average molecular weight is 393 g/mol. The highest BCUT2D eigenvalue weighted by Crippen LogP contribution is 2.34. The molecule has 2 fully saturated rings. The van der Waals surface area contributed by atoms with Crippen LogP contribution in [0.4, 0.5) is 11.5 Å². The van der Waals surface area contributed by atoms with Gasteiger partial charge in [0.15, 0.2) is 5.78 Å². The van der Waals surface area contributed by atoms with E-state index in [0.717, 1.165) is 18.3 Å². The van der Waals surface area contributed by atoms with E-state index in [1.165, 1.54) is 58.2 Å². The Balaban J connectivity index is 1.49. The molecule has 2 saturated carbocycles. The van der Waals surface area contributed by atoms with Crippen LogP contribution < -0.4 is 10.2 Å². The number of nitrogens with zero attached hydrogens (tertiary/aromatic N) is 3. The Morgan fingerprint density at radius 1 is 1.03 bits per heavy atom. The molecule has 152 valence electrons. The van der Waals surface area contributed by atoms with Gasteiger partial charge in [-0.25, -0.2) is 9.97 Å². The van der Waals surface area contributed by atoms with Crippen LogP contribution in [0.15, 0.2) is 36.7 Å². The first-order valence-electron chi connectivity index (χ1n) is 10.6. The van der Waals surface area contributed by atoms with Gasteiger partial charge in [-0.15, -0.1) is 0 Å². The maximum Gasteiger partial charge on any atom is 0.274 e. The molecule has 0 bridgehead atoms. The fraction of sp³-hybridized carbons (Fsp3) is 0.478. The predicted octanol–water partition coefficient (Wildman–Crippen LogP) is 4.48. The van der Waals surface area contributed by atoms with Crippen LogP contribution in [0.25, 0.3) is 0 Å². The fourth-order valence-electron chi connectivity index (χ4n) is 4.01. The number of benzene rings is 1. The lowest BCUT2D eigenvalue weighted by Gasteiger charge is -2.35. The third-order valence-corrected chi connectivity index (χ3v) is 5.90. The van der Waals surface area contributed by atoms with Gasteiger partial charge in [-0.3, -0.25) is 9.59 Å². The second-order valence-electron chi connectivity index (χ2n) is 8.24. The van der Waals surface area contributed by atoms with Crippen molar-refractivity contribution in [3.8, 4) is 0 Å². The number of rotatable bonds is 7. The molecule has 0 aliphatic heterocycles. The maximum absolute atomic E-state index is 12.7. The zero-order valence-electron chi connectivity index (χ0n) is 16.9. The van der Waals surface area contributed by atoms with E-state index >= 15 is 0 Å². The fourth-order valence-corrected chi connectivity index (χ4v) is 4.01. The molecule has 29 heavy (non-hydrogen) atoms. The van der Waals surface area contributed by atoms with E-state index in [4.69, 9.17) is 0 Å². The van der Waals surface area contributed by atoms with Gasteiger partial charge in [0.05, 0.1) is 0 Å². The second kappa shape index (κ2) is 8.72. The molecule has 2 aliphatic carbocycles. The van der Waals surface area contributed by atoms with Crippen molar-refractivity contribution in [1.82, 2.24) is 9.97 Å². The molecule has 0 unspecified atom stereocenters. The number of carbonyl (C=O) groups is 2. The Morgan fingerprint density at radius 3 is 2.41 bits per heavy atom. The van der Waals surface area contributed by atoms with Crippen molar-refractivity contribution in [2.75, 3.05) is 16.8 Å². The van der Waals surface area contributed by atoms with Gasteiger partial charge >= 0.3 is 0 Å². The minimum Gasteiger partial charge on any atom is -0.353 e. The molecular weight excluding hydrogens is 364 g/mol. The smallest absolute Gasteiger partial charge is 0.274 e. The Kier molecular flexibility index (Phi) is 5.88. The first-order valence-corrected chi connectivity index (χ1v) is 10.6. The van der Waals surface area contributed by atoms with Gasteiger partial charge in [-0.05, 0) is 62.8 Å². The Hall–Kier alpha value is -2.76. The van der Waals surface area contributed by atoms with Gasteiger partial charge in [0.25, 0.3) is 5.91 Å². The summed E-state index contributed by atoms with van der Waals surface area (Å²) in [4.78, 5) is 35.3. The van der Waals surface area contributed by atoms with Crippen LogP contribution in [-0.2, 0) is 0 Å². The Labute approximate surface area is 171 Å². The summed E-state index contributed by atoms with van der Waals surface area (Å²) in [5.74, 6) is 1.35. The topological polar surface area (TPSA) is 75.2 Å². The van der Waals surface area contributed by atoms with Crippen LogP contribution in [0.2, 0.25) is 0 Å². The van der Waals surface area contributed by atoms with Gasteiger partial charge in [0.1, 0.15) is 17.8 Å². The molecule has 0 spiro atoms. The van der Waals surface area contributed by atoms with Gasteiger partial charge in [-0.1, -0.05) is 19.3 Å². The van der Waals surface area contributed by atoms with Crippen molar-refractivity contribution < 1.29 is 9.59 Å². The predicted molar refractivity (Wildman–Crippen MR) is 113 cm³/mol.